The maximum Gasteiger partial charge on any atom is 0.156 e. The number of carbonyl (C=O) groups is 1. The molecule has 0 unspecified atom stereocenters. The Labute approximate surface area is 129 Å². The molecule has 1 aromatic rings. The number of allylic oxidation sites excluding steroid dienone is 1. The van der Waals surface area contributed by atoms with Gasteiger partial charge >= 0.3 is 0 Å². The lowest BCUT2D eigenvalue weighted by Crippen LogP contribution is -2.37. The lowest BCUT2D eigenvalue weighted by atomic mass is 10.1. The summed E-state index contributed by atoms with van der Waals surface area (Å²) in [5.41, 5.74) is 0.690. The standard InChI is InChI=1S/C15H17Cl2NO2/c16-14-2-1-3-15(17)13(14)5-4-12(19)6-7-18-8-10-20-11-9-18/h1-5H,6-11H2. The molecule has 108 valence electrons. The van der Waals surface area contributed by atoms with Gasteiger partial charge in [-0.1, -0.05) is 29.3 Å². The van der Waals surface area contributed by atoms with E-state index in [2.05, 4.69) is 4.90 Å². The summed E-state index contributed by atoms with van der Waals surface area (Å²) in [7, 11) is 0. The van der Waals surface area contributed by atoms with Crippen molar-refractivity contribution < 1.29 is 9.53 Å². The van der Waals surface area contributed by atoms with Crippen LogP contribution in [0, 0.1) is 0 Å². The van der Waals surface area contributed by atoms with Crippen molar-refractivity contribution in [2.45, 2.75) is 6.42 Å². The maximum atomic E-state index is 11.9. The molecule has 5 heteroatoms. The molecule has 2 rings (SSSR count). The van der Waals surface area contributed by atoms with Crippen molar-refractivity contribution in [3.63, 3.8) is 0 Å². The molecule has 0 aromatic heterocycles. The number of ketones is 1. The number of rotatable bonds is 5. The van der Waals surface area contributed by atoms with E-state index in [-0.39, 0.29) is 5.78 Å². The van der Waals surface area contributed by atoms with Crippen LogP contribution in [0.3, 0.4) is 0 Å². The van der Waals surface area contributed by atoms with Gasteiger partial charge in [0, 0.05) is 41.7 Å². The van der Waals surface area contributed by atoms with Gasteiger partial charge in [0.15, 0.2) is 5.78 Å². The van der Waals surface area contributed by atoms with Gasteiger partial charge in [-0.3, -0.25) is 9.69 Å². The highest BCUT2D eigenvalue weighted by atomic mass is 35.5. The number of halogens is 2. The third-order valence-corrected chi connectivity index (χ3v) is 3.87. The fourth-order valence-corrected chi connectivity index (χ4v) is 2.55. The van der Waals surface area contributed by atoms with Gasteiger partial charge in [0.1, 0.15) is 0 Å². The minimum atomic E-state index is 0.0764. The first-order valence-corrected chi connectivity index (χ1v) is 7.37. The van der Waals surface area contributed by atoms with Crippen molar-refractivity contribution in [2.24, 2.45) is 0 Å². The third-order valence-electron chi connectivity index (χ3n) is 3.21. The van der Waals surface area contributed by atoms with Crippen LogP contribution in [0.2, 0.25) is 10.0 Å². The van der Waals surface area contributed by atoms with Crippen LogP contribution in [-0.2, 0) is 9.53 Å². The summed E-state index contributed by atoms with van der Waals surface area (Å²) in [5.74, 6) is 0.0764. The van der Waals surface area contributed by atoms with Gasteiger partial charge in [0.25, 0.3) is 0 Å². The van der Waals surface area contributed by atoms with E-state index in [0.29, 0.717) is 22.0 Å². The van der Waals surface area contributed by atoms with Crippen LogP contribution >= 0.6 is 23.2 Å². The van der Waals surface area contributed by atoms with Crippen LogP contribution in [0.4, 0.5) is 0 Å². The number of benzene rings is 1. The molecule has 1 aromatic carbocycles. The smallest absolute Gasteiger partial charge is 0.156 e. The van der Waals surface area contributed by atoms with E-state index >= 15 is 0 Å². The molecule has 0 radical (unpaired) electrons. The molecular formula is C15H17Cl2NO2. The summed E-state index contributed by atoms with van der Waals surface area (Å²) in [6.07, 6.45) is 3.73. The lowest BCUT2D eigenvalue weighted by molar-refractivity contribution is -0.115. The molecule has 0 amide bonds. The third kappa shape index (κ3) is 4.60. The molecule has 0 spiro atoms. The largest absolute Gasteiger partial charge is 0.379 e. The molecule has 0 bridgehead atoms. The van der Waals surface area contributed by atoms with E-state index in [1.54, 1.807) is 30.4 Å². The molecule has 20 heavy (non-hydrogen) atoms. The highest BCUT2D eigenvalue weighted by Crippen LogP contribution is 2.25. The Bertz CT molecular complexity index is 476. The first kappa shape index (κ1) is 15.5. The molecule has 1 heterocycles. The normalized spacial score (nSPS) is 16.7. The van der Waals surface area contributed by atoms with Gasteiger partial charge in [-0.05, 0) is 24.3 Å². The van der Waals surface area contributed by atoms with Gasteiger partial charge in [-0.25, -0.2) is 0 Å². The minimum Gasteiger partial charge on any atom is -0.379 e. The first-order valence-electron chi connectivity index (χ1n) is 6.62. The Morgan fingerprint density at radius 2 is 1.90 bits per heavy atom. The minimum absolute atomic E-state index is 0.0764. The molecule has 0 saturated carbocycles. The van der Waals surface area contributed by atoms with Crippen molar-refractivity contribution in [1.29, 1.82) is 0 Å². The van der Waals surface area contributed by atoms with E-state index in [1.165, 1.54) is 0 Å². The average molecular weight is 314 g/mol. The van der Waals surface area contributed by atoms with Crippen LogP contribution in [-0.4, -0.2) is 43.5 Å². The highest BCUT2D eigenvalue weighted by Gasteiger charge is 2.11. The van der Waals surface area contributed by atoms with E-state index < -0.39 is 0 Å². The SMILES string of the molecule is O=C(C=Cc1c(Cl)cccc1Cl)CCN1CCOCC1. The van der Waals surface area contributed by atoms with E-state index in [0.717, 1.165) is 32.8 Å². The second-order valence-electron chi connectivity index (χ2n) is 4.64. The monoisotopic (exact) mass is 313 g/mol. The summed E-state index contributed by atoms with van der Waals surface area (Å²) in [5, 5.41) is 1.10. The van der Waals surface area contributed by atoms with Gasteiger partial charge in [-0.15, -0.1) is 0 Å². The molecule has 0 atom stereocenters. The van der Waals surface area contributed by atoms with Crippen molar-refractivity contribution >= 4 is 35.1 Å². The van der Waals surface area contributed by atoms with Crippen molar-refractivity contribution in [2.75, 3.05) is 32.8 Å². The maximum absolute atomic E-state index is 11.9. The average Bonchev–Trinajstić information content (AvgIpc) is 2.46. The molecule has 1 aliphatic heterocycles. The lowest BCUT2D eigenvalue weighted by Gasteiger charge is -2.25. The Hall–Kier alpha value is -0.870. The zero-order valence-corrected chi connectivity index (χ0v) is 12.7. The van der Waals surface area contributed by atoms with Gasteiger partial charge in [0.05, 0.1) is 13.2 Å². The van der Waals surface area contributed by atoms with E-state index in [1.807, 2.05) is 0 Å². The highest BCUT2D eigenvalue weighted by molar-refractivity contribution is 6.37. The number of ether oxygens (including phenoxy) is 1. The van der Waals surface area contributed by atoms with Crippen LogP contribution in [0.5, 0.6) is 0 Å². The fraction of sp³-hybridized carbons (Fsp3) is 0.400. The van der Waals surface area contributed by atoms with Crippen LogP contribution in [0.15, 0.2) is 24.3 Å². The number of hydrogen-bond acceptors (Lipinski definition) is 3. The van der Waals surface area contributed by atoms with Crippen molar-refractivity contribution in [3.8, 4) is 0 Å². The number of hydrogen-bond donors (Lipinski definition) is 0. The zero-order valence-electron chi connectivity index (χ0n) is 11.1. The van der Waals surface area contributed by atoms with Crippen LogP contribution < -0.4 is 0 Å². The van der Waals surface area contributed by atoms with E-state index in [9.17, 15) is 4.79 Å². The molecule has 1 saturated heterocycles. The summed E-state index contributed by atoms with van der Waals surface area (Å²) >= 11 is 12.1. The topological polar surface area (TPSA) is 29.5 Å². The Morgan fingerprint density at radius 1 is 1.25 bits per heavy atom. The molecular weight excluding hydrogens is 297 g/mol. The van der Waals surface area contributed by atoms with Crippen LogP contribution in [0.25, 0.3) is 6.08 Å². The Morgan fingerprint density at radius 3 is 2.55 bits per heavy atom. The predicted octanol–water partition coefficient (Wildman–Crippen LogP) is 3.30. The second kappa shape index (κ2) is 7.79. The van der Waals surface area contributed by atoms with Crippen LogP contribution in [0.1, 0.15) is 12.0 Å². The van der Waals surface area contributed by atoms with Crippen molar-refractivity contribution in [1.82, 2.24) is 4.90 Å². The second-order valence-corrected chi connectivity index (χ2v) is 5.45. The molecule has 1 fully saturated rings. The Kier molecular flexibility index (Phi) is 6.05. The molecule has 1 aliphatic rings. The number of morpholine rings is 1. The van der Waals surface area contributed by atoms with E-state index in [4.69, 9.17) is 27.9 Å². The summed E-state index contributed by atoms with van der Waals surface area (Å²) < 4.78 is 5.27. The van der Waals surface area contributed by atoms with Gasteiger partial charge in [0.2, 0.25) is 0 Å². The summed E-state index contributed by atoms with van der Waals surface area (Å²) in [6.45, 7) is 4.06. The quantitative estimate of drug-likeness (QED) is 0.781. The Balaban J connectivity index is 1.86. The molecule has 0 N–H and O–H groups in total. The van der Waals surface area contributed by atoms with Gasteiger partial charge in [-0.2, -0.15) is 0 Å². The summed E-state index contributed by atoms with van der Waals surface area (Å²) in [4.78, 5) is 14.1. The van der Waals surface area contributed by atoms with Crippen molar-refractivity contribution in [3.05, 3.63) is 39.9 Å². The number of carbonyl (C=O) groups excluding carboxylic acids is 1. The molecule has 0 aliphatic carbocycles. The zero-order chi connectivity index (χ0) is 14.4. The number of nitrogens with zero attached hydrogens (tertiary/aromatic N) is 1. The fourth-order valence-electron chi connectivity index (χ4n) is 2.02. The first-order chi connectivity index (χ1) is 9.66. The molecule has 3 nitrogen and oxygen atoms in total. The summed E-state index contributed by atoms with van der Waals surface area (Å²) in [6, 6.07) is 5.29. The predicted molar refractivity (Wildman–Crippen MR) is 82.4 cm³/mol. The van der Waals surface area contributed by atoms with Gasteiger partial charge < -0.3 is 4.74 Å².